The summed E-state index contributed by atoms with van der Waals surface area (Å²) in [5.74, 6) is -2.30. The predicted octanol–water partition coefficient (Wildman–Crippen LogP) is 4.12. The highest BCUT2D eigenvalue weighted by molar-refractivity contribution is 7.09. The zero-order valence-electron chi connectivity index (χ0n) is 21.3. The van der Waals surface area contributed by atoms with Gasteiger partial charge in [0.05, 0.1) is 11.5 Å². The molecule has 0 aromatic carbocycles. The molecule has 3 N–H and O–H groups in total. The highest BCUT2D eigenvalue weighted by Crippen LogP contribution is 2.43. The van der Waals surface area contributed by atoms with Gasteiger partial charge in [-0.25, -0.2) is 4.79 Å². The zero-order valence-corrected chi connectivity index (χ0v) is 22.2. The summed E-state index contributed by atoms with van der Waals surface area (Å²) in [6, 6.07) is 4.29. The normalized spacial score (nSPS) is 22.3. The molecule has 0 spiro atoms. The molecular formula is C26H39NO7S. The quantitative estimate of drug-likeness (QED) is 0.382. The lowest BCUT2D eigenvalue weighted by Gasteiger charge is -2.35. The first kappa shape index (κ1) is 29.2. The van der Waals surface area contributed by atoms with Crippen LogP contribution in [0.1, 0.15) is 44.9 Å². The van der Waals surface area contributed by atoms with Gasteiger partial charge < -0.3 is 29.7 Å². The second-order valence-corrected chi connectivity index (χ2v) is 10.2. The fourth-order valence-electron chi connectivity index (χ4n) is 4.40. The zero-order chi connectivity index (χ0) is 26.0. The van der Waals surface area contributed by atoms with Crippen LogP contribution in [0.25, 0.3) is 0 Å². The minimum Gasteiger partial charge on any atom is -0.481 e. The van der Waals surface area contributed by atoms with Crippen molar-refractivity contribution in [1.82, 2.24) is 5.32 Å². The number of hydrogen-bond donors (Lipinski definition) is 3. The molecule has 196 valence electrons. The van der Waals surface area contributed by atoms with E-state index in [2.05, 4.69) is 22.8 Å². The molecule has 1 aromatic heterocycles. The van der Waals surface area contributed by atoms with Gasteiger partial charge in [0.1, 0.15) is 0 Å². The molecular weight excluding hydrogens is 470 g/mol. The lowest BCUT2D eigenvalue weighted by Crippen LogP contribution is -2.39. The summed E-state index contributed by atoms with van der Waals surface area (Å²) in [4.78, 5) is 25.0. The number of aliphatic carboxylic acids is 2. The van der Waals surface area contributed by atoms with E-state index >= 15 is 0 Å². The summed E-state index contributed by atoms with van der Waals surface area (Å²) in [6.07, 6.45) is 5.36. The molecule has 1 aliphatic heterocycles. The Morgan fingerprint density at radius 1 is 1.29 bits per heavy atom. The highest BCUT2D eigenvalue weighted by Gasteiger charge is 2.44. The van der Waals surface area contributed by atoms with Crippen LogP contribution in [0, 0.1) is 11.3 Å². The summed E-state index contributed by atoms with van der Waals surface area (Å²) in [5.41, 5.74) is 0.243. The summed E-state index contributed by atoms with van der Waals surface area (Å²) in [7, 11) is 3.04. The van der Waals surface area contributed by atoms with E-state index in [1.165, 1.54) is 31.9 Å². The molecule has 1 saturated heterocycles. The second-order valence-electron chi connectivity index (χ2n) is 9.22. The Balaban J connectivity index is 0.000000322. The Hall–Kier alpha value is -2.04. The van der Waals surface area contributed by atoms with Gasteiger partial charge in [-0.15, -0.1) is 11.3 Å². The predicted molar refractivity (Wildman–Crippen MR) is 136 cm³/mol. The number of ether oxygens (including phenoxy) is 3. The van der Waals surface area contributed by atoms with E-state index in [0.717, 1.165) is 13.0 Å². The van der Waals surface area contributed by atoms with E-state index in [9.17, 15) is 19.8 Å². The molecule has 2 heterocycles. The largest absolute Gasteiger partial charge is 0.481 e. The van der Waals surface area contributed by atoms with Crippen LogP contribution < -0.4 is 5.32 Å². The van der Waals surface area contributed by atoms with Gasteiger partial charge in [-0.05, 0) is 54.7 Å². The summed E-state index contributed by atoms with van der Waals surface area (Å²) < 4.78 is 15.7. The van der Waals surface area contributed by atoms with Crippen molar-refractivity contribution in [2.75, 3.05) is 33.9 Å². The van der Waals surface area contributed by atoms with Gasteiger partial charge in [0.15, 0.2) is 6.29 Å². The number of carboxylic acids is 2. The van der Waals surface area contributed by atoms with Crippen LogP contribution in [0.5, 0.6) is 0 Å². The van der Waals surface area contributed by atoms with Crippen LogP contribution in [-0.2, 0) is 30.2 Å². The van der Waals surface area contributed by atoms with Crippen molar-refractivity contribution < 1.29 is 34.0 Å². The van der Waals surface area contributed by atoms with Crippen LogP contribution in [0.4, 0.5) is 0 Å². The third kappa shape index (κ3) is 7.98. The van der Waals surface area contributed by atoms with Gasteiger partial charge in [-0.2, -0.15) is 0 Å². The molecule has 1 aromatic rings. The number of carbonyl (C=O) groups is 2. The second kappa shape index (κ2) is 13.9. The van der Waals surface area contributed by atoms with E-state index < -0.39 is 23.6 Å². The maximum Gasteiger partial charge on any atom is 0.331 e. The van der Waals surface area contributed by atoms with Gasteiger partial charge >= 0.3 is 11.9 Å². The van der Waals surface area contributed by atoms with Crippen molar-refractivity contribution in [3.05, 3.63) is 45.2 Å². The maximum absolute atomic E-state index is 11.8. The maximum atomic E-state index is 11.8. The SMILES string of the molecule is COC(CNCC1=C(C(=O)O)CC(C(=O)O)(C(C)C)C=C1C)OC.c1csc(CC2CCCO2)c1. The number of rotatable bonds is 11. The minimum absolute atomic E-state index is 0.0261. The fourth-order valence-corrected chi connectivity index (χ4v) is 5.18. The van der Waals surface area contributed by atoms with E-state index in [1.807, 2.05) is 11.3 Å². The van der Waals surface area contributed by atoms with Gasteiger partial charge in [0.2, 0.25) is 0 Å². The lowest BCUT2D eigenvalue weighted by molar-refractivity contribution is -0.148. The Morgan fingerprint density at radius 2 is 2.00 bits per heavy atom. The average Bonchev–Trinajstić information content (AvgIpc) is 3.52. The molecule has 3 rings (SSSR count). The monoisotopic (exact) mass is 509 g/mol. The van der Waals surface area contributed by atoms with Crippen LogP contribution in [0.2, 0.25) is 0 Å². The standard InChI is InChI=1S/C17H27NO6.C9H12OS/c1-10(2)17(16(21)22)6-11(3)13(12(7-17)15(19)20)8-18-9-14(23-4)24-5;1-3-8(10-5-1)7-9-4-2-6-11-9/h6,10,14,18H,7-9H2,1-5H3,(H,19,20)(H,21,22);2,4,6,8H,1,3,5,7H2. The van der Waals surface area contributed by atoms with Crippen molar-refractivity contribution in [2.45, 2.75) is 58.8 Å². The average molecular weight is 510 g/mol. The first-order valence-corrected chi connectivity index (χ1v) is 12.8. The molecule has 0 saturated carbocycles. The molecule has 0 radical (unpaired) electrons. The first-order valence-electron chi connectivity index (χ1n) is 11.9. The van der Waals surface area contributed by atoms with Crippen LogP contribution >= 0.6 is 11.3 Å². The van der Waals surface area contributed by atoms with Crippen molar-refractivity contribution in [3.63, 3.8) is 0 Å². The fraction of sp³-hybridized carbons (Fsp3) is 0.615. The van der Waals surface area contributed by atoms with Crippen molar-refractivity contribution >= 4 is 23.3 Å². The lowest BCUT2D eigenvalue weighted by atomic mass is 9.67. The van der Waals surface area contributed by atoms with E-state index in [0.29, 0.717) is 30.3 Å². The Morgan fingerprint density at radius 3 is 2.49 bits per heavy atom. The van der Waals surface area contributed by atoms with Gasteiger partial charge in [0, 0.05) is 50.8 Å². The third-order valence-electron chi connectivity index (χ3n) is 6.64. The molecule has 1 aliphatic carbocycles. The third-order valence-corrected chi connectivity index (χ3v) is 7.54. The number of hydrogen-bond acceptors (Lipinski definition) is 7. The summed E-state index contributed by atoms with van der Waals surface area (Å²) >= 11 is 1.83. The minimum atomic E-state index is -1.19. The van der Waals surface area contributed by atoms with Crippen LogP contribution in [0.15, 0.2) is 40.3 Å². The molecule has 9 heteroatoms. The van der Waals surface area contributed by atoms with Crippen molar-refractivity contribution in [2.24, 2.45) is 11.3 Å². The Bertz CT molecular complexity index is 884. The first-order chi connectivity index (χ1) is 16.6. The van der Waals surface area contributed by atoms with E-state index in [4.69, 9.17) is 14.2 Å². The van der Waals surface area contributed by atoms with Gasteiger partial charge in [-0.3, -0.25) is 4.79 Å². The van der Waals surface area contributed by atoms with Crippen LogP contribution in [0.3, 0.4) is 0 Å². The van der Waals surface area contributed by atoms with E-state index in [1.54, 1.807) is 26.8 Å². The summed E-state index contributed by atoms with van der Waals surface area (Å²) in [6.45, 7) is 7.01. The summed E-state index contributed by atoms with van der Waals surface area (Å²) in [5, 5.41) is 24.5. The topological polar surface area (TPSA) is 114 Å². The van der Waals surface area contributed by atoms with Crippen LogP contribution in [-0.4, -0.2) is 68.5 Å². The van der Waals surface area contributed by atoms with Gasteiger partial charge in [0.25, 0.3) is 0 Å². The van der Waals surface area contributed by atoms with Gasteiger partial charge in [-0.1, -0.05) is 26.0 Å². The molecule has 0 amide bonds. The molecule has 8 nitrogen and oxygen atoms in total. The Labute approximate surface area is 212 Å². The van der Waals surface area contributed by atoms with E-state index in [-0.39, 0.29) is 17.9 Å². The van der Waals surface area contributed by atoms with Crippen molar-refractivity contribution in [3.8, 4) is 0 Å². The smallest absolute Gasteiger partial charge is 0.331 e. The number of methoxy groups -OCH3 is 2. The number of thiophene rings is 1. The molecule has 35 heavy (non-hydrogen) atoms. The number of nitrogens with one attached hydrogen (secondary N) is 1. The number of carboxylic acid groups (broad SMARTS) is 2. The molecule has 2 unspecified atom stereocenters. The molecule has 2 aliphatic rings. The molecule has 2 atom stereocenters. The molecule has 0 bridgehead atoms. The Kier molecular flexibility index (Phi) is 11.6. The highest BCUT2D eigenvalue weighted by atomic mass is 32.1. The molecule has 1 fully saturated rings. The van der Waals surface area contributed by atoms with Crippen molar-refractivity contribution in [1.29, 1.82) is 0 Å².